The van der Waals surface area contributed by atoms with Gasteiger partial charge in [0, 0.05) is 69.8 Å². The van der Waals surface area contributed by atoms with E-state index in [4.69, 9.17) is 9.47 Å². The van der Waals surface area contributed by atoms with Gasteiger partial charge in [-0.15, -0.1) is 0 Å². The molecular weight excluding hydrogens is 889 g/mol. The monoisotopic (exact) mass is 937 g/mol. The molecule has 3 aromatic carbocycles. The Balaban J connectivity index is 0.748. The van der Waals surface area contributed by atoms with Crippen LogP contribution in [-0.2, 0) is 21.4 Å². The number of amides is 4. The smallest absolute Gasteiger partial charge is 0.329 e. The summed E-state index contributed by atoms with van der Waals surface area (Å²) in [6.07, 6.45) is 5.85. The highest BCUT2D eigenvalue weighted by atomic mass is 32.2. The van der Waals surface area contributed by atoms with Gasteiger partial charge in [-0.2, -0.15) is 10.4 Å². The van der Waals surface area contributed by atoms with Crippen LogP contribution in [0, 0.1) is 23.0 Å². The van der Waals surface area contributed by atoms with Crippen molar-refractivity contribution >= 4 is 69.0 Å². The van der Waals surface area contributed by atoms with Gasteiger partial charge in [0.05, 0.1) is 64.4 Å². The zero-order valence-electron chi connectivity index (χ0n) is 37.0. The number of hydrogen-bond acceptors (Lipinski definition) is 14. The highest BCUT2D eigenvalue weighted by Crippen LogP contribution is 2.42. The number of benzene rings is 3. The molecule has 1 spiro atoms. The Morgan fingerprint density at radius 1 is 1.04 bits per heavy atom. The summed E-state index contributed by atoms with van der Waals surface area (Å²) in [6, 6.07) is 12.0. The maximum Gasteiger partial charge on any atom is 0.329 e. The normalized spacial score (nSPS) is 20.5. The molecule has 18 nitrogen and oxygen atoms in total. The van der Waals surface area contributed by atoms with Crippen LogP contribution in [0.25, 0.3) is 21.8 Å². The Morgan fingerprint density at radius 2 is 1.82 bits per heavy atom. The van der Waals surface area contributed by atoms with E-state index in [2.05, 4.69) is 30.5 Å². The van der Waals surface area contributed by atoms with E-state index in [1.807, 2.05) is 11.9 Å². The summed E-state index contributed by atoms with van der Waals surface area (Å²) in [6.45, 7) is 1.86. The number of nitriles is 1. The standard InChI is InChI=1S/C46H49F2N11O7S/c1-54-37-21-38(34(48)20-31(37)42(52-54)58-14-9-39(60)51-44(58)63)56-15-10-45(64,11-16-56)23-40(61)57-17-12-46(13-18-57)22-28(25-65-46)59-26-50-35-7-5-29(19-30(35)43(59)62)66-41-32(24-49)36(8-6-33(41)47)53-67-55(2)27-3-4-27/h5-8,19-21,26-28,53,64H,3-4,9-18,22-23,25H2,1-2H3,(H,51,60,63). The third kappa shape index (κ3) is 8.62. The number of aromatic nitrogens is 4. The largest absolute Gasteiger partial charge is 0.453 e. The molecule has 6 heterocycles. The van der Waals surface area contributed by atoms with Crippen LogP contribution in [0.5, 0.6) is 11.5 Å². The number of likely N-dealkylation sites (tertiary alicyclic amines) is 1. The number of anilines is 3. The van der Waals surface area contributed by atoms with Gasteiger partial charge in [0.25, 0.3) is 5.56 Å². The number of aliphatic hydroxyl groups is 1. The number of rotatable bonds is 11. The highest BCUT2D eigenvalue weighted by Gasteiger charge is 2.45. The summed E-state index contributed by atoms with van der Waals surface area (Å²) in [7, 11) is 3.65. The summed E-state index contributed by atoms with van der Waals surface area (Å²) in [4.78, 5) is 61.3. The zero-order chi connectivity index (χ0) is 46.8. The number of urea groups is 1. The minimum atomic E-state index is -1.27. The molecule has 2 aromatic heterocycles. The van der Waals surface area contributed by atoms with Crippen LogP contribution in [0.4, 0.5) is 30.8 Å². The third-order valence-corrected chi connectivity index (χ3v) is 14.8. The molecule has 67 heavy (non-hydrogen) atoms. The van der Waals surface area contributed by atoms with E-state index in [9.17, 15) is 29.5 Å². The van der Waals surface area contributed by atoms with E-state index < -0.39 is 28.9 Å². The van der Waals surface area contributed by atoms with E-state index >= 15 is 8.78 Å². The number of piperidine rings is 2. The molecule has 1 saturated carbocycles. The lowest BCUT2D eigenvalue weighted by Gasteiger charge is -2.42. The van der Waals surface area contributed by atoms with Gasteiger partial charge in [-0.25, -0.2) is 22.9 Å². The number of ether oxygens (including phenoxy) is 2. The van der Waals surface area contributed by atoms with Gasteiger partial charge in [0.2, 0.25) is 11.8 Å². The lowest BCUT2D eigenvalue weighted by Crippen LogP contribution is -2.51. The van der Waals surface area contributed by atoms with Crippen molar-refractivity contribution in [1.82, 2.24) is 33.9 Å². The molecule has 5 aliphatic rings. The van der Waals surface area contributed by atoms with Gasteiger partial charge in [0.1, 0.15) is 23.2 Å². The predicted molar refractivity (Wildman–Crippen MR) is 245 cm³/mol. The van der Waals surface area contributed by atoms with Crippen molar-refractivity contribution in [3.8, 4) is 17.6 Å². The van der Waals surface area contributed by atoms with Crippen molar-refractivity contribution in [2.24, 2.45) is 7.05 Å². The molecule has 5 aromatic rings. The maximum atomic E-state index is 15.7. The van der Waals surface area contributed by atoms with Crippen molar-refractivity contribution in [2.45, 2.75) is 81.1 Å². The number of halogens is 2. The van der Waals surface area contributed by atoms with E-state index in [1.165, 1.54) is 47.6 Å². The van der Waals surface area contributed by atoms with Crippen molar-refractivity contribution < 1.29 is 37.7 Å². The van der Waals surface area contributed by atoms with Gasteiger partial charge in [0.15, 0.2) is 17.4 Å². The fourth-order valence-electron chi connectivity index (χ4n) is 9.74. The molecule has 3 N–H and O–H groups in total. The second-order valence-corrected chi connectivity index (χ2v) is 19.2. The number of carbonyl (C=O) groups excluding carboxylic acids is 3. The zero-order valence-corrected chi connectivity index (χ0v) is 37.8. The van der Waals surface area contributed by atoms with Crippen molar-refractivity contribution in [3.63, 3.8) is 0 Å². The number of nitrogens with one attached hydrogen (secondary N) is 2. The molecule has 0 radical (unpaired) electrons. The van der Waals surface area contributed by atoms with E-state index in [1.54, 1.807) is 39.4 Å². The third-order valence-electron chi connectivity index (χ3n) is 13.9. The molecule has 4 saturated heterocycles. The van der Waals surface area contributed by atoms with Crippen LogP contribution in [0.3, 0.4) is 0 Å². The average molecular weight is 938 g/mol. The average Bonchev–Trinajstić information content (AvgIpc) is 4.02. The number of aryl methyl sites for hydroxylation is 1. The molecule has 1 atom stereocenters. The first-order valence-corrected chi connectivity index (χ1v) is 23.2. The molecule has 4 amide bonds. The Hall–Kier alpha value is -6.34. The van der Waals surface area contributed by atoms with Crippen LogP contribution in [0.15, 0.2) is 53.6 Å². The SMILES string of the molecule is CN(SNc1ccc(F)c(Oc2ccc3ncn(C4COC5(CCN(C(=O)CC6(O)CCN(c7cc8c(cc7F)c(N7CCC(=O)NC7=O)nn8C)CC6)CC5)C4)c(=O)c3c2)c1C#N)C1CC1. The summed E-state index contributed by atoms with van der Waals surface area (Å²) < 4.78 is 51.6. The van der Waals surface area contributed by atoms with Crippen LogP contribution in [-0.4, -0.2) is 115 Å². The fraction of sp³-hybridized carbons (Fsp3) is 0.457. The first-order chi connectivity index (χ1) is 32.2. The second-order valence-electron chi connectivity index (χ2n) is 18.3. The fourth-order valence-corrected chi connectivity index (χ4v) is 10.5. The molecular formula is C46H49F2N11O7S. The Bertz CT molecular complexity index is 2920. The van der Waals surface area contributed by atoms with Gasteiger partial charge >= 0.3 is 6.03 Å². The molecule has 1 aliphatic carbocycles. The minimum absolute atomic E-state index is 0.00256. The maximum absolute atomic E-state index is 15.7. The molecule has 21 heteroatoms. The Labute approximate surface area is 387 Å². The predicted octanol–water partition coefficient (Wildman–Crippen LogP) is 5.49. The van der Waals surface area contributed by atoms with E-state index in [-0.39, 0.29) is 90.5 Å². The van der Waals surface area contributed by atoms with E-state index in [0.717, 1.165) is 12.8 Å². The van der Waals surface area contributed by atoms with Crippen molar-refractivity contribution in [3.05, 3.63) is 76.3 Å². The first kappa shape index (κ1) is 44.5. The molecule has 4 aliphatic heterocycles. The van der Waals surface area contributed by atoms with Crippen molar-refractivity contribution in [2.75, 3.05) is 60.9 Å². The summed E-state index contributed by atoms with van der Waals surface area (Å²) in [5.74, 6) is -1.60. The van der Waals surface area contributed by atoms with Crippen LogP contribution in [0.2, 0.25) is 0 Å². The number of nitrogens with zero attached hydrogens (tertiary/aromatic N) is 9. The molecule has 10 rings (SSSR count). The summed E-state index contributed by atoms with van der Waals surface area (Å²) in [5.41, 5.74) is -0.394. The molecule has 1 unspecified atom stereocenters. The Kier molecular flexibility index (Phi) is 11.5. The van der Waals surface area contributed by atoms with E-state index in [0.29, 0.717) is 79.3 Å². The Morgan fingerprint density at radius 3 is 2.55 bits per heavy atom. The van der Waals surface area contributed by atoms with Gasteiger partial charge < -0.3 is 29.1 Å². The van der Waals surface area contributed by atoms with Crippen LogP contribution >= 0.6 is 12.1 Å². The van der Waals surface area contributed by atoms with Gasteiger partial charge in [-0.1, -0.05) is 0 Å². The summed E-state index contributed by atoms with van der Waals surface area (Å²) in [5, 5.41) is 29.1. The van der Waals surface area contributed by atoms with Crippen LogP contribution < -0.4 is 30.1 Å². The minimum Gasteiger partial charge on any atom is -0.453 e. The lowest BCUT2D eigenvalue weighted by molar-refractivity contribution is -0.142. The van der Waals surface area contributed by atoms with Crippen LogP contribution in [0.1, 0.15) is 69.4 Å². The lowest BCUT2D eigenvalue weighted by atomic mass is 9.85. The number of carbonyl (C=O) groups is 3. The quantitative estimate of drug-likeness (QED) is 0.140. The molecule has 0 bridgehead atoms. The molecule has 350 valence electrons. The van der Waals surface area contributed by atoms with Gasteiger partial charge in [-0.3, -0.25) is 33.8 Å². The first-order valence-electron chi connectivity index (χ1n) is 22.4. The van der Waals surface area contributed by atoms with Crippen molar-refractivity contribution in [1.29, 1.82) is 5.26 Å². The number of fused-ring (bicyclic) bond motifs is 2. The van der Waals surface area contributed by atoms with Gasteiger partial charge in [-0.05, 0) is 94.5 Å². The summed E-state index contributed by atoms with van der Waals surface area (Å²) >= 11 is 1.33. The second kappa shape index (κ2) is 17.4. The molecule has 5 fully saturated rings. The number of imide groups is 1. The topological polar surface area (TPSA) is 203 Å². The number of hydrogen-bond donors (Lipinski definition) is 3. The highest BCUT2D eigenvalue weighted by molar-refractivity contribution is 7.98.